The SMILES string of the molecule is CC1(C)CCC(Oc2ccccc2C=O)CC1. The van der Waals surface area contributed by atoms with Crippen LogP contribution in [0.5, 0.6) is 5.75 Å². The minimum atomic E-state index is 0.268. The molecule has 1 saturated carbocycles. The molecule has 0 N–H and O–H groups in total. The first kappa shape index (κ1) is 12.2. The van der Waals surface area contributed by atoms with Crippen molar-refractivity contribution in [3.8, 4) is 5.75 Å². The van der Waals surface area contributed by atoms with Crippen molar-refractivity contribution in [2.45, 2.75) is 45.6 Å². The Morgan fingerprint density at radius 1 is 1.24 bits per heavy atom. The number of carbonyl (C=O) groups excluding carboxylic acids is 1. The third kappa shape index (κ3) is 3.09. The molecule has 0 atom stereocenters. The van der Waals surface area contributed by atoms with Gasteiger partial charge in [-0.2, -0.15) is 0 Å². The largest absolute Gasteiger partial charge is 0.490 e. The Bertz CT molecular complexity index is 386. The Morgan fingerprint density at radius 3 is 2.53 bits per heavy atom. The molecule has 0 saturated heterocycles. The van der Waals surface area contributed by atoms with E-state index in [1.165, 1.54) is 12.8 Å². The highest BCUT2D eigenvalue weighted by Crippen LogP contribution is 2.36. The van der Waals surface area contributed by atoms with Crippen LogP contribution < -0.4 is 4.74 Å². The molecule has 92 valence electrons. The number of ether oxygens (including phenoxy) is 1. The summed E-state index contributed by atoms with van der Waals surface area (Å²) >= 11 is 0. The summed E-state index contributed by atoms with van der Waals surface area (Å²) in [5, 5.41) is 0. The molecule has 1 aromatic carbocycles. The van der Waals surface area contributed by atoms with Gasteiger partial charge in [0, 0.05) is 0 Å². The van der Waals surface area contributed by atoms with E-state index in [0.29, 0.717) is 11.0 Å². The molecular formula is C15H20O2. The van der Waals surface area contributed by atoms with E-state index in [9.17, 15) is 4.79 Å². The van der Waals surface area contributed by atoms with Gasteiger partial charge in [-0.05, 0) is 43.2 Å². The second kappa shape index (κ2) is 4.91. The van der Waals surface area contributed by atoms with E-state index < -0.39 is 0 Å². The Labute approximate surface area is 103 Å². The van der Waals surface area contributed by atoms with Gasteiger partial charge in [0.1, 0.15) is 5.75 Å². The Kier molecular flexibility index (Phi) is 3.51. The number of para-hydroxylation sites is 1. The Morgan fingerprint density at radius 2 is 1.88 bits per heavy atom. The fourth-order valence-corrected chi connectivity index (χ4v) is 2.36. The molecule has 0 bridgehead atoms. The summed E-state index contributed by atoms with van der Waals surface area (Å²) in [7, 11) is 0. The number of rotatable bonds is 3. The fourth-order valence-electron chi connectivity index (χ4n) is 2.36. The summed E-state index contributed by atoms with van der Waals surface area (Å²) in [5.41, 5.74) is 1.10. The first-order valence-corrected chi connectivity index (χ1v) is 6.32. The van der Waals surface area contributed by atoms with Crippen molar-refractivity contribution < 1.29 is 9.53 Å². The lowest BCUT2D eigenvalue weighted by Gasteiger charge is -2.34. The van der Waals surface area contributed by atoms with Gasteiger partial charge in [-0.15, -0.1) is 0 Å². The number of hydrogen-bond acceptors (Lipinski definition) is 2. The molecule has 0 amide bonds. The fraction of sp³-hybridized carbons (Fsp3) is 0.533. The van der Waals surface area contributed by atoms with Crippen LogP contribution in [0.4, 0.5) is 0 Å². The Hall–Kier alpha value is -1.31. The standard InChI is InChI=1S/C15H20O2/c1-15(2)9-7-13(8-10-15)17-14-6-4-3-5-12(14)11-16/h3-6,11,13H,7-10H2,1-2H3. The van der Waals surface area contributed by atoms with Gasteiger partial charge in [0.2, 0.25) is 0 Å². The lowest BCUT2D eigenvalue weighted by molar-refractivity contribution is 0.0961. The molecule has 0 aliphatic heterocycles. The zero-order chi connectivity index (χ0) is 12.3. The molecule has 0 radical (unpaired) electrons. The van der Waals surface area contributed by atoms with Crippen molar-refractivity contribution in [3.05, 3.63) is 29.8 Å². The molecule has 17 heavy (non-hydrogen) atoms. The maximum Gasteiger partial charge on any atom is 0.153 e. The van der Waals surface area contributed by atoms with Crippen molar-refractivity contribution >= 4 is 6.29 Å². The van der Waals surface area contributed by atoms with Gasteiger partial charge in [0.05, 0.1) is 11.7 Å². The molecular weight excluding hydrogens is 212 g/mol. The van der Waals surface area contributed by atoms with Gasteiger partial charge < -0.3 is 4.74 Å². The molecule has 1 fully saturated rings. The van der Waals surface area contributed by atoms with Crippen molar-refractivity contribution in [3.63, 3.8) is 0 Å². The second-order valence-electron chi connectivity index (χ2n) is 5.64. The number of benzene rings is 1. The summed E-state index contributed by atoms with van der Waals surface area (Å²) in [6.07, 6.45) is 5.69. The summed E-state index contributed by atoms with van der Waals surface area (Å²) in [6.45, 7) is 4.62. The molecule has 0 unspecified atom stereocenters. The minimum absolute atomic E-state index is 0.268. The highest BCUT2D eigenvalue weighted by molar-refractivity contribution is 5.79. The van der Waals surface area contributed by atoms with Crippen molar-refractivity contribution in [2.24, 2.45) is 5.41 Å². The number of carbonyl (C=O) groups is 1. The summed E-state index contributed by atoms with van der Waals surface area (Å²) in [6, 6.07) is 7.45. The number of aldehydes is 1. The average Bonchev–Trinajstić information content (AvgIpc) is 2.32. The van der Waals surface area contributed by atoms with E-state index >= 15 is 0 Å². The third-order valence-corrected chi connectivity index (χ3v) is 3.63. The number of hydrogen-bond donors (Lipinski definition) is 0. The zero-order valence-corrected chi connectivity index (χ0v) is 10.6. The van der Waals surface area contributed by atoms with Crippen LogP contribution in [0.2, 0.25) is 0 Å². The lowest BCUT2D eigenvalue weighted by Crippen LogP contribution is -2.28. The molecule has 0 aromatic heterocycles. The normalized spacial score (nSPS) is 19.9. The van der Waals surface area contributed by atoms with Gasteiger partial charge >= 0.3 is 0 Å². The minimum Gasteiger partial charge on any atom is -0.490 e. The summed E-state index contributed by atoms with van der Waals surface area (Å²) in [4.78, 5) is 10.9. The van der Waals surface area contributed by atoms with Crippen LogP contribution in [0.25, 0.3) is 0 Å². The average molecular weight is 232 g/mol. The Balaban J connectivity index is 2.00. The molecule has 1 aliphatic carbocycles. The van der Waals surface area contributed by atoms with E-state index in [0.717, 1.165) is 24.9 Å². The highest BCUT2D eigenvalue weighted by atomic mass is 16.5. The van der Waals surface area contributed by atoms with E-state index in [1.54, 1.807) is 6.07 Å². The molecule has 1 aromatic rings. The molecule has 2 nitrogen and oxygen atoms in total. The van der Waals surface area contributed by atoms with Crippen LogP contribution in [0, 0.1) is 5.41 Å². The topological polar surface area (TPSA) is 26.3 Å². The quantitative estimate of drug-likeness (QED) is 0.740. The van der Waals surface area contributed by atoms with Gasteiger partial charge in [0.25, 0.3) is 0 Å². The van der Waals surface area contributed by atoms with Crippen LogP contribution in [0.3, 0.4) is 0 Å². The maximum absolute atomic E-state index is 10.9. The second-order valence-corrected chi connectivity index (χ2v) is 5.64. The predicted octanol–water partition coefficient (Wildman–Crippen LogP) is 3.85. The summed E-state index contributed by atoms with van der Waals surface area (Å²) < 4.78 is 5.94. The van der Waals surface area contributed by atoms with Gasteiger partial charge in [-0.3, -0.25) is 4.79 Å². The van der Waals surface area contributed by atoms with Crippen LogP contribution in [-0.2, 0) is 0 Å². The molecule has 0 spiro atoms. The molecule has 2 rings (SSSR count). The highest BCUT2D eigenvalue weighted by Gasteiger charge is 2.28. The maximum atomic E-state index is 10.9. The van der Waals surface area contributed by atoms with E-state index in [4.69, 9.17) is 4.74 Å². The summed E-state index contributed by atoms with van der Waals surface area (Å²) in [5.74, 6) is 0.729. The lowest BCUT2D eigenvalue weighted by atomic mass is 9.76. The van der Waals surface area contributed by atoms with Gasteiger partial charge in [0.15, 0.2) is 6.29 Å². The first-order valence-electron chi connectivity index (χ1n) is 6.32. The third-order valence-electron chi connectivity index (χ3n) is 3.63. The van der Waals surface area contributed by atoms with Gasteiger partial charge in [-0.25, -0.2) is 0 Å². The molecule has 2 heteroatoms. The van der Waals surface area contributed by atoms with E-state index in [2.05, 4.69) is 13.8 Å². The predicted molar refractivity (Wildman–Crippen MR) is 68.5 cm³/mol. The van der Waals surface area contributed by atoms with Crippen molar-refractivity contribution in [1.29, 1.82) is 0 Å². The monoisotopic (exact) mass is 232 g/mol. The molecule has 1 aliphatic rings. The van der Waals surface area contributed by atoms with E-state index in [-0.39, 0.29) is 6.10 Å². The van der Waals surface area contributed by atoms with Crippen molar-refractivity contribution in [1.82, 2.24) is 0 Å². The van der Waals surface area contributed by atoms with Crippen LogP contribution >= 0.6 is 0 Å². The smallest absolute Gasteiger partial charge is 0.153 e. The first-order chi connectivity index (χ1) is 8.11. The van der Waals surface area contributed by atoms with Crippen LogP contribution in [0.1, 0.15) is 49.9 Å². The van der Waals surface area contributed by atoms with Gasteiger partial charge in [-0.1, -0.05) is 26.0 Å². The van der Waals surface area contributed by atoms with E-state index in [1.807, 2.05) is 18.2 Å². The zero-order valence-electron chi connectivity index (χ0n) is 10.6. The van der Waals surface area contributed by atoms with Crippen molar-refractivity contribution in [2.75, 3.05) is 0 Å². The van der Waals surface area contributed by atoms with Crippen LogP contribution in [0.15, 0.2) is 24.3 Å². The van der Waals surface area contributed by atoms with Crippen LogP contribution in [-0.4, -0.2) is 12.4 Å². The molecule has 0 heterocycles.